The molecule has 0 spiro atoms. The Morgan fingerprint density at radius 2 is 1.86 bits per heavy atom. The first kappa shape index (κ1) is 25.9. The number of β-amino-alcohol motifs (C(OH)–C–C–N with tert-alkyl or cyclic N) is 1. The molecule has 4 N–H and O–H groups in total. The van der Waals surface area contributed by atoms with Crippen molar-refractivity contribution in [2.45, 2.75) is 31.6 Å². The van der Waals surface area contributed by atoms with Crippen molar-refractivity contribution in [1.82, 2.24) is 9.88 Å². The maximum absolute atomic E-state index is 10.9. The van der Waals surface area contributed by atoms with Gasteiger partial charge >= 0.3 is 0 Å². The van der Waals surface area contributed by atoms with Gasteiger partial charge in [-0.1, -0.05) is 36.4 Å². The largest absolute Gasteiger partial charge is 0.506 e. The van der Waals surface area contributed by atoms with E-state index in [1.807, 2.05) is 30.3 Å². The third kappa shape index (κ3) is 6.14. The Morgan fingerprint density at radius 1 is 1.08 bits per heavy atom. The van der Waals surface area contributed by atoms with Crippen molar-refractivity contribution in [3.05, 3.63) is 83.7 Å². The molecule has 2 aromatic carbocycles. The van der Waals surface area contributed by atoms with E-state index in [2.05, 4.69) is 26.9 Å². The average molecular weight is 494 g/mol. The minimum atomic E-state index is -1.03. The molecule has 1 aliphatic heterocycles. The minimum Gasteiger partial charge on any atom is -0.506 e. The molecule has 0 bridgehead atoms. The molecule has 0 radical (unpaired) electrons. The second kappa shape index (κ2) is 11.3. The summed E-state index contributed by atoms with van der Waals surface area (Å²) in [7, 11) is 0. The molecular weight excluding hydrogens is 458 g/mol. The Bertz CT molecular complexity index is 1120. The van der Waals surface area contributed by atoms with Crippen LogP contribution in [-0.2, 0) is 5.60 Å². The molecule has 1 fully saturated rings. The lowest BCUT2D eigenvalue weighted by molar-refractivity contribution is 0.0732. The molecule has 8 nitrogen and oxygen atoms in total. The van der Waals surface area contributed by atoms with E-state index < -0.39 is 11.7 Å². The van der Waals surface area contributed by atoms with Crippen molar-refractivity contribution in [3.63, 3.8) is 0 Å². The summed E-state index contributed by atoms with van der Waals surface area (Å²) < 4.78 is 5.44. The Kier molecular flexibility index (Phi) is 8.11. The smallest absolute Gasteiger partial charge is 0.142 e. The lowest BCUT2D eigenvalue weighted by Gasteiger charge is -2.43. The summed E-state index contributed by atoms with van der Waals surface area (Å²) >= 11 is 0. The number of rotatable bonds is 9. The van der Waals surface area contributed by atoms with Gasteiger partial charge in [-0.25, -0.2) is 0 Å². The van der Waals surface area contributed by atoms with Crippen LogP contribution < -0.4 is 9.64 Å². The maximum atomic E-state index is 10.9. The molecule has 8 heteroatoms. The van der Waals surface area contributed by atoms with Crippen LogP contribution >= 0.6 is 0 Å². The molecule has 1 aliphatic rings. The van der Waals surface area contributed by atoms with Crippen LogP contribution in [0.4, 0.5) is 5.69 Å². The first-order chi connectivity index (χ1) is 17.3. The highest BCUT2D eigenvalue weighted by Crippen LogP contribution is 2.38. The molecule has 1 saturated heterocycles. The number of phenols is 1. The number of ether oxygens (including phenoxy) is 1. The number of aromatic hydroxyl groups is 1. The molecule has 36 heavy (non-hydrogen) atoms. The van der Waals surface area contributed by atoms with Crippen LogP contribution in [0.25, 0.3) is 0 Å². The van der Waals surface area contributed by atoms with E-state index in [1.54, 1.807) is 38.2 Å². The number of phenolic OH excluding ortho intramolecular Hbond substituents is 1. The van der Waals surface area contributed by atoms with Gasteiger partial charge in [0.25, 0.3) is 0 Å². The Morgan fingerprint density at radius 3 is 2.50 bits per heavy atom. The maximum Gasteiger partial charge on any atom is 0.142 e. The molecule has 0 amide bonds. The number of piperazine rings is 1. The van der Waals surface area contributed by atoms with Crippen molar-refractivity contribution >= 4 is 5.69 Å². The van der Waals surface area contributed by atoms with Crippen LogP contribution in [0.15, 0.2) is 66.9 Å². The first-order valence-electron chi connectivity index (χ1n) is 12.2. The number of aliphatic hydroxyl groups is 3. The molecule has 2 heterocycles. The van der Waals surface area contributed by atoms with Gasteiger partial charge in [0.15, 0.2) is 0 Å². The monoisotopic (exact) mass is 493 g/mol. The third-order valence-corrected chi connectivity index (χ3v) is 6.49. The summed E-state index contributed by atoms with van der Waals surface area (Å²) in [6.45, 7) is 5.92. The summed E-state index contributed by atoms with van der Waals surface area (Å²) in [5.41, 5.74) is 2.07. The van der Waals surface area contributed by atoms with Gasteiger partial charge < -0.3 is 30.1 Å². The third-order valence-electron chi connectivity index (χ3n) is 6.49. The zero-order chi connectivity index (χ0) is 25.7. The van der Waals surface area contributed by atoms with Crippen molar-refractivity contribution in [1.29, 1.82) is 0 Å². The van der Waals surface area contributed by atoms with Crippen LogP contribution in [0.1, 0.15) is 42.8 Å². The Hall–Kier alpha value is -3.17. The van der Waals surface area contributed by atoms with Gasteiger partial charge in [0.05, 0.1) is 30.1 Å². The number of benzene rings is 2. The molecule has 1 aromatic heterocycles. The molecule has 0 saturated carbocycles. The van der Waals surface area contributed by atoms with Crippen LogP contribution in [0.3, 0.4) is 0 Å². The zero-order valence-corrected chi connectivity index (χ0v) is 20.8. The predicted octanol–water partition coefficient (Wildman–Crippen LogP) is 2.98. The van der Waals surface area contributed by atoms with Crippen LogP contribution in [-0.4, -0.2) is 69.7 Å². The van der Waals surface area contributed by atoms with E-state index in [9.17, 15) is 15.3 Å². The van der Waals surface area contributed by atoms with Crippen LogP contribution in [0, 0.1) is 0 Å². The highest BCUT2D eigenvalue weighted by molar-refractivity contribution is 5.62. The fraction of sp³-hybridized carbons (Fsp3) is 0.393. The fourth-order valence-electron chi connectivity index (χ4n) is 4.57. The van der Waals surface area contributed by atoms with E-state index >= 15 is 0 Å². The number of aromatic nitrogens is 1. The summed E-state index contributed by atoms with van der Waals surface area (Å²) in [4.78, 5) is 8.73. The van der Waals surface area contributed by atoms with Crippen molar-refractivity contribution < 1.29 is 25.2 Å². The van der Waals surface area contributed by atoms with Gasteiger partial charge in [-0.05, 0) is 37.6 Å². The lowest BCUT2D eigenvalue weighted by Crippen LogP contribution is -2.49. The normalized spacial score (nSPS) is 17.7. The zero-order valence-electron chi connectivity index (χ0n) is 20.8. The summed E-state index contributed by atoms with van der Waals surface area (Å²) in [6.07, 6.45) is 0.911. The summed E-state index contributed by atoms with van der Waals surface area (Å²) in [5, 5.41) is 40.8. The number of anilines is 1. The number of hydrogen-bond donors (Lipinski definition) is 4. The molecule has 4 rings (SSSR count). The summed E-state index contributed by atoms with van der Waals surface area (Å²) in [5.74, 6) is 0.630. The number of aliphatic hydroxyl groups excluding tert-OH is 2. The van der Waals surface area contributed by atoms with Gasteiger partial charge in [-0.15, -0.1) is 0 Å². The van der Waals surface area contributed by atoms with E-state index in [1.165, 1.54) is 0 Å². The first-order valence-corrected chi connectivity index (χ1v) is 12.2. The Labute approximate surface area is 212 Å². The van der Waals surface area contributed by atoms with Crippen molar-refractivity contribution in [2.75, 3.05) is 44.3 Å². The highest BCUT2D eigenvalue weighted by Gasteiger charge is 2.31. The quantitative estimate of drug-likeness (QED) is 0.360. The molecule has 2 atom stereocenters. The molecule has 3 aromatic rings. The van der Waals surface area contributed by atoms with Gasteiger partial charge in [-0.3, -0.25) is 9.88 Å². The van der Waals surface area contributed by atoms with Gasteiger partial charge in [-0.2, -0.15) is 0 Å². The summed E-state index contributed by atoms with van der Waals surface area (Å²) in [6, 6.07) is 18.9. The molecule has 1 unspecified atom stereocenters. The standard InChI is InChI=1S/C28H35N3O5/c1-28(2,35)27-11-8-21(17-29-27)26(34)19-30-12-13-31(24(18-30)20-6-4-3-5-7-20)23-10-9-22(16-25(23)33)36-15-14-32/h3-11,16-17,24,26,32-35H,12-15,18-19H2,1-2H3/t24-,26?/m0/s1. The van der Waals surface area contributed by atoms with Crippen molar-refractivity contribution in [2.24, 2.45) is 0 Å². The second-order valence-corrected chi connectivity index (χ2v) is 9.65. The van der Waals surface area contributed by atoms with Gasteiger partial charge in [0.1, 0.15) is 23.7 Å². The van der Waals surface area contributed by atoms with Crippen molar-refractivity contribution in [3.8, 4) is 11.5 Å². The van der Waals surface area contributed by atoms with Crippen LogP contribution in [0.5, 0.6) is 11.5 Å². The minimum absolute atomic E-state index is 0.0297. The molecule has 192 valence electrons. The Balaban J connectivity index is 1.51. The fourth-order valence-corrected chi connectivity index (χ4v) is 4.57. The number of nitrogens with zero attached hydrogens (tertiary/aromatic N) is 3. The molecule has 0 aliphatic carbocycles. The second-order valence-electron chi connectivity index (χ2n) is 9.65. The average Bonchev–Trinajstić information content (AvgIpc) is 2.88. The van der Waals surface area contributed by atoms with E-state index in [0.29, 0.717) is 48.9 Å². The van der Waals surface area contributed by atoms with Gasteiger partial charge in [0, 0.05) is 44.0 Å². The van der Waals surface area contributed by atoms with Gasteiger partial charge in [0.2, 0.25) is 0 Å². The van der Waals surface area contributed by atoms with E-state index in [-0.39, 0.29) is 25.0 Å². The number of pyridine rings is 1. The predicted molar refractivity (Wildman–Crippen MR) is 138 cm³/mol. The topological polar surface area (TPSA) is 110 Å². The SMILES string of the molecule is CC(C)(O)c1ccc(C(O)CN2CCN(c3ccc(OCCO)cc3O)[C@H](c3ccccc3)C2)cn1. The lowest BCUT2D eigenvalue weighted by atomic mass is 10.00. The van der Waals surface area contributed by atoms with Crippen LogP contribution in [0.2, 0.25) is 0 Å². The van der Waals surface area contributed by atoms with E-state index in [4.69, 9.17) is 9.84 Å². The van der Waals surface area contributed by atoms with E-state index in [0.717, 1.165) is 5.56 Å². The number of hydrogen-bond acceptors (Lipinski definition) is 8. The highest BCUT2D eigenvalue weighted by atomic mass is 16.5. The molecular formula is C28H35N3O5.